The molecule has 1 aliphatic heterocycles. The number of ether oxygens (including phenoxy) is 1. The summed E-state index contributed by atoms with van der Waals surface area (Å²) in [5.41, 5.74) is 8.85. The molecule has 1 aromatic carbocycles. The van der Waals surface area contributed by atoms with Crippen LogP contribution in [0.1, 0.15) is 26.3 Å². The highest BCUT2D eigenvalue weighted by Crippen LogP contribution is 2.22. The Balaban J connectivity index is 2.43. The van der Waals surface area contributed by atoms with E-state index in [0.29, 0.717) is 5.56 Å². The van der Waals surface area contributed by atoms with Crippen LogP contribution in [0.3, 0.4) is 0 Å². The summed E-state index contributed by atoms with van der Waals surface area (Å²) in [4.78, 5) is 25.2. The Morgan fingerprint density at radius 1 is 1.35 bits per heavy atom. The third kappa shape index (κ3) is 1.95. The summed E-state index contributed by atoms with van der Waals surface area (Å²) in [5, 5.41) is 3.24. The Labute approximate surface area is 95.8 Å². The molecule has 82 valence electrons. The van der Waals surface area contributed by atoms with Crippen LogP contribution in [0.15, 0.2) is 23.3 Å². The van der Waals surface area contributed by atoms with Crippen molar-refractivity contribution in [2.24, 2.45) is 5.11 Å². The van der Waals surface area contributed by atoms with E-state index in [4.69, 9.17) is 5.53 Å². The van der Waals surface area contributed by atoms with Crippen molar-refractivity contribution in [2.45, 2.75) is 0 Å². The Hall–Kier alpha value is -2.77. The number of cyclic esters (lactones) is 2. The highest BCUT2D eigenvalue weighted by Gasteiger charge is 2.31. The topological polar surface area (TPSA) is 92.1 Å². The van der Waals surface area contributed by atoms with Gasteiger partial charge in [0.15, 0.2) is 0 Å². The van der Waals surface area contributed by atoms with E-state index in [9.17, 15) is 9.59 Å². The number of benzene rings is 1. The van der Waals surface area contributed by atoms with Gasteiger partial charge in [-0.3, -0.25) is 0 Å². The molecule has 0 saturated carbocycles. The van der Waals surface area contributed by atoms with Crippen LogP contribution in [0.5, 0.6) is 0 Å². The first kappa shape index (κ1) is 10.7. The van der Waals surface area contributed by atoms with Crippen molar-refractivity contribution < 1.29 is 14.3 Å². The number of hydrogen-bond acceptors (Lipinski definition) is 4. The van der Waals surface area contributed by atoms with Gasteiger partial charge in [-0.25, -0.2) is 9.59 Å². The maximum absolute atomic E-state index is 11.4. The van der Waals surface area contributed by atoms with Crippen molar-refractivity contribution in [2.75, 3.05) is 6.54 Å². The predicted octanol–water partition coefficient (Wildman–Crippen LogP) is 1.66. The number of esters is 2. The van der Waals surface area contributed by atoms with E-state index in [2.05, 4.69) is 26.6 Å². The molecule has 0 atom stereocenters. The van der Waals surface area contributed by atoms with Crippen LogP contribution in [-0.4, -0.2) is 18.5 Å². The van der Waals surface area contributed by atoms with Gasteiger partial charge in [-0.1, -0.05) is 23.0 Å². The molecule has 0 radical (unpaired) electrons. The second kappa shape index (κ2) is 4.39. The minimum absolute atomic E-state index is 0.00314. The van der Waals surface area contributed by atoms with Gasteiger partial charge >= 0.3 is 11.9 Å². The molecule has 6 heteroatoms. The van der Waals surface area contributed by atoms with Crippen molar-refractivity contribution in [3.63, 3.8) is 0 Å². The summed E-state index contributed by atoms with van der Waals surface area (Å²) in [6.07, 6.45) is 0. The molecule has 0 fully saturated rings. The number of nitrogens with zero attached hydrogens (tertiary/aromatic N) is 3. The third-order valence-corrected chi connectivity index (χ3v) is 2.11. The zero-order chi connectivity index (χ0) is 12.3. The first-order chi connectivity index (χ1) is 8.24. The molecular formula is C11H5N3O3. The lowest BCUT2D eigenvalue weighted by Gasteiger charge is -1.95. The summed E-state index contributed by atoms with van der Waals surface area (Å²) < 4.78 is 4.47. The summed E-state index contributed by atoms with van der Waals surface area (Å²) >= 11 is 0. The summed E-state index contributed by atoms with van der Waals surface area (Å²) in [5.74, 6) is 3.88. The van der Waals surface area contributed by atoms with Gasteiger partial charge in [0.1, 0.15) is 0 Å². The minimum Gasteiger partial charge on any atom is -0.386 e. The second-order valence-electron chi connectivity index (χ2n) is 3.10. The van der Waals surface area contributed by atoms with Gasteiger partial charge in [0, 0.05) is 10.5 Å². The number of carbonyl (C=O) groups excluding carboxylic acids is 2. The molecular weight excluding hydrogens is 222 g/mol. The van der Waals surface area contributed by atoms with Crippen molar-refractivity contribution in [1.29, 1.82) is 0 Å². The second-order valence-corrected chi connectivity index (χ2v) is 3.10. The van der Waals surface area contributed by atoms with Crippen molar-refractivity contribution in [3.05, 3.63) is 45.3 Å². The Morgan fingerprint density at radius 3 is 2.94 bits per heavy atom. The molecule has 0 aliphatic carbocycles. The van der Waals surface area contributed by atoms with Gasteiger partial charge in [-0.05, 0) is 17.7 Å². The quantitative estimate of drug-likeness (QED) is 0.182. The molecule has 1 aromatic rings. The molecule has 0 aromatic heterocycles. The van der Waals surface area contributed by atoms with Crippen LogP contribution in [0.2, 0.25) is 0 Å². The van der Waals surface area contributed by atoms with Crippen LogP contribution < -0.4 is 0 Å². The number of carbonyl (C=O) groups is 2. The molecule has 1 aliphatic rings. The highest BCUT2D eigenvalue weighted by molar-refractivity contribution is 6.15. The van der Waals surface area contributed by atoms with Gasteiger partial charge in [0.2, 0.25) is 0 Å². The lowest BCUT2D eigenvalue weighted by molar-refractivity contribution is 0.0444. The lowest BCUT2D eigenvalue weighted by atomic mass is 10.0. The fourth-order valence-corrected chi connectivity index (χ4v) is 1.44. The molecule has 6 nitrogen and oxygen atoms in total. The van der Waals surface area contributed by atoms with E-state index in [-0.39, 0.29) is 17.7 Å². The smallest absolute Gasteiger partial charge is 0.348 e. The number of hydrogen-bond donors (Lipinski definition) is 0. The van der Waals surface area contributed by atoms with Gasteiger partial charge in [-0.15, -0.1) is 0 Å². The lowest BCUT2D eigenvalue weighted by Crippen LogP contribution is -1.98. The maximum atomic E-state index is 11.4. The Morgan fingerprint density at radius 2 is 2.18 bits per heavy atom. The largest absolute Gasteiger partial charge is 0.386 e. The highest BCUT2D eigenvalue weighted by atomic mass is 16.6. The van der Waals surface area contributed by atoms with Gasteiger partial charge in [0.05, 0.1) is 17.7 Å². The van der Waals surface area contributed by atoms with E-state index < -0.39 is 11.9 Å². The Bertz CT molecular complexity index is 619. The van der Waals surface area contributed by atoms with Crippen molar-refractivity contribution in [3.8, 4) is 11.8 Å². The minimum atomic E-state index is -0.696. The van der Waals surface area contributed by atoms with E-state index in [0.717, 1.165) is 0 Å². The van der Waals surface area contributed by atoms with Crippen LogP contribution >= 0.6 is 0 Å². The first-order valence-corrected chi connectivity index (χ1v) is 4.63. The fraction of sp³-hybridized carbons (Fsp3) is 0.0909. The molecule has 2 rings (SSSR count). The molecule has 0 bridgehead atoms. The summed E-state index contributed by atoms with van der Waals surface area (Å²) in [6.45, 7) is 0.00314. The average Bonchev–Trinajstić information content (AvgIpc) is 2.62. The molecule has 0 N–H and O–H groups in total. The van der Waals surface area contributed by atoms with E-state index in [1.165, 1.54) is 6.07 Å². The zero-order valence-corrected chi connectivity index (χ0v) is 8.51. The normalized spacial score (nSPS) is 12.0. The third-order valence-electron chi connectivity index (χ3n) is 2.11. The molecule has 0 amide bonds. The van der Waals surface area contributed by atoms with Crippen molar-refractivity contribution >= 4 is 11.9 Å². The maximum Gasteiger partial charge on any atom is 0.348 e. The number of azide groups is 1. The summed E-state index contributed by atoms with van der Waals surface area (Å²) in [7, 11) is 0. The van der Waals surface area contributed by atoms with E-state index in [1.54, 1.807) is 12.1 Å². The van der Waals surface area contributed by atoms with E-state index >= 15 is 0 Å². The molecule has 0 spiro atoms. The van der Waals surface area contributed by atoms with Gasteiger partial charge in [-0.2, -0.15) is 0 Å². The van der Waals surface area contributed by atoms with Gasteiger partial charge in [0.25, 0.3) is 0 Å². The standard InChI is InChI=1S/C11H5N3O3/c12-14-13-6-2-4-7-3-1-5-8-9(7)11(16)17-10(8)15/h1,3,5H,6H2. The SMILES string of the molecule is [N-]=[N+]=NCC#Cc1cccc2c1C(=O)OC2=O. The number of rotatable bonds is 1. The zero-order valence-electron chi connectivity index (χ0n) is 8.51. The molecule has 1 heterocycles. The summed E-state index contributed by atoms with van der Waals surface area (Å²) in [6, 6.07) is 4.71. The van der Waals surface area contributed by atoms with E-state index in [1.807, 2.05) is 0 Å². The molecule has 0 saturated heterocycles. The fourth-order valence-electron chi connectivity index (χ4n) is 1.44. The average molecular weight is 227 g/mol. The van der Waals surface area contributed by atoms with Crippen molar-refractivity contribution in [1.82, 2.24) is 0 Å². The predicted molar refractivity (Wildman–Crippen MR) is 57.1 cm³/mol. The number of fused-ring (bicyclic) bond motifs is 1. The van der Waals surface area contributed by atoms with Crippen LogP contribution in [-0.2, 0) is 4.74 Å². The van der Waals surface area contributed by atoms with Crippen LogP contribution in [0.25, 0.3) is 10.4 Å². The van der Waals surface area contributed by atoms with Crippen LogP contribution in [0, 0.1) is 11.8 Å². The van der Waals surface area contributed by atoms with Crippen LogP contribution in [0.4, 0.5) is 0 Å². The molecule has 17 heavy (non-hydrogen) atoms. The van der Waals surface area contributed by atoms with Gasteiger partial charge < -0.3 is 4.74 Å². The monoisotopic (exact) mass is 227 g/mol. The first-order valence-electron chi connectivity index (χ1n) is 4.63. The Kier molecular flexibility index (Phi) is 2.77. The molecule has 0 unspecified atom stereocenters.